The van der Waals surface area contributed by atoms with E-state index < -0.39 is 6.04 Å². The number of amides is 2. The van der Waals surface area contributed by atoms with Gasteiger partial charge in [0.15, 0.2) is 6.61 Å². The van der Waals surface area contributed by atoms with Gasteiger partial charge in [-0.05, 0) is 61.2 Å². The van der Waals surface area contributed by atoms with Gasteiger partial charge < -0.3 is 15.0 Å². The molecule has 0 aliphatic rings. The number of aryl methyl sites for hydroxylation is 1. The molecule has 0 unspecified atom stereocenters. The molecule has 6 heteroatoms. The molecule has 1 N–H and O–H groups in total. The topological polar surface area (TPSA) is 58.6 Å². The normalized spacial score (nSPS) is 12.5. The Morgan fingerprint density at radius 1 is 0.971 bits per heavy atom. The Kier molecular flexibility index (Phi) is 9.74. The number of hydrogen-bond acceptors (Lipinski definition) is 3. The van der Waals surface area contributed by atoms with Crippen molar-refractivity contribution in [3.8, 4) is 5.75 Å². The lowest BCUT2D eigenvalue weighted by Crippen LogP contribution is -2.53. The number of carbonyl (C=O) groups is 2. The summed E-state index contributed by atoms with van der Waals surface area (Å²) in [6.07, 6.45) is 1.18. The first-order valence-corrected chi connectivity index (χ1v) is 12.3. The molecular formula is C29H33ClN2O3. The number of hydrogen-bond donors (Lipinski definition) is 1. The summed E-state index contributed by atoms with van der Waals surface area (Å²) in [4.78, 5) is 28.6. The monoisotopic (exact) mass is 492 g/mol. The quantitative estimate of drug-likeness (QED) is 0.380. The summed E-state index contributed by atoms with van der Waals surface area (Å²) in [6.45, 7) is 6.01. The third-order valence-electron chi connectivity index (χ3n) is 5.87. The molecular weight excluding hydrogens is 460 g/mol. The van der Waals surface area contributed by atoms with Crippen molar-refractivity contribution in [2.75, 3.05) is 6.61 Å². The van der Waals surface area contributed by atoms with E-state index in [4.69, 9.17) is 16.3 Å². The standard InChI is InChI=1S/C29H33ClN2O3/c1-4-22(3)31-29(34)27(18-23-11-6-5-7-12-23)32(19-24-13-9-14-25(30)17-24)28(33)20-35-26-15-8-10-21(2)16-26/h5-17,22,27H,4,18-20H2,1-3H3,(H,31,34)/t22-,27+/m1/s1. The Labute approximate surface area is 213 Å². The minimum absolute atomic E-state index is 0.00700. The molecule has 0 aliphatic heterocycles. The van der Waals surface area contributed by atoms with Gasteiger partial charge in [0, 0.05) is 24.0 Å². The molecule has 0 bridgehead atoms. The lowest BCUT2D eigenvalue weighted by atomic mass is 10.0. The van der Waals surface area contributed by atoms with Crippen LogP contribution in [0.25, 0.3) is 0 Å². The van der Waals surface area contributed by atoms with Crippen LogP contribution in [0.4, 0.5) is 0 Å². The molecule has 0 heterocycles. The van der Waals surface area contributed by atoms with Gasteiger partial charge in [0.25, 0.3) is 5.91 Å². The average molecular weight is 493 g/mol. The fourth-order valence-corrected chi connectivity index (χ4v) is 3.97. The number of ether oxygens (including phenoxy) is 1. The van der Waals surface area contributed by atoms with Crippen LogP contribution in [0.2, 0.25) is 5.02 Å². The molecule has 5 nitrogen and oxygen atoms in total. The summed E-state index contributed by atoms with van der Waals surface area (Å²) in [6, 6.07) is 23.9. The minimum atomic E-state index is -0.709. The van der Waals surface area contributed by atoms with E-state index in [0.717, 1.165) is 23.1 Å². The van der Waals surface area contributed by atoms with Crippen molar-refractivity contribution in [1.29, 1.82) is 0 Å². The van der Waals surface area contributed by atoms with Crippen molar-refractivity contribution >= 4 is 23.4 Å². The van der Waals surface area contributed by atoms with Gasteiger partial charge in [0.05, 0.1) is 0 Å². The molecule has 3 aromatic rings. The van der Waals surface area contributed by atoms with E-state index in [-0.39, 0.29) is 31.0 Å². The fraction of sp³-hybridized carbons (Fsp3) is 0.310. The molecule has 0 aliphatic carbocycles. The van der Waals surface area contributed by atoms with Crippen molar-refractivity contribution in [3.63, 3.8) is 0 Å². The molecule has 3 rings (SSSR count). The van der Waals surface area contributed by atoms with Gasteiger partial charge in [-0.25, -0.2) is 0 Å². The second-order valence-corrected chi connectivity index (χ2v) is 9.22. The molecule has 0 saturated carbocycles. The largest absolute Gasteiger partial charge is 0.484 e. The first-order chi connectivity index (χ1) is 16.9. The summed E-state index contributed by atoms with van der Waals surface area (Å²) in [7, 11) is 0. The van der Waals surface area contributed by atoms with Gasteiger partial charge in [-0.2, -0.15) is 0 Å². The van der Waals surface area contributed by atoms with E-state index in [0.29, 0.717) is 17.2 Å². The Hall–Kier alpha value is -3.31. The summed E-state index contributed by atoms with van der Waals surface area (Å²) < 4.78 is 5.82. The van der Waals surface area contributed by atoms with Gasteiger partial charge in [0.2, 0.25) is 5.91 Å². The summed E-state index contributed by atoms with van der Waals surface area (Å²) in [5, 5.41) is 3.64. The number of benzene rings is 3. The van der Waals surface area contributed by atoms with E-state index in [1.165, 1.54) is 0 Å². The molecule has 0 aromatic heterocycles. The van der Waals surface area contributed by atoms with Crippen molar-refractivity contribution in [2.45, 2.75) is 52.2 Å². The van der Waals surface area contributed by atoms with Gasteiger partial charge in [-0.3, -0.25) is 9.59 Å². The van der Waals surface area contributed by atoms with E-state index in [1.54, 1.807) is 11.0 Å². The summed E-state index contributed by atoms with van der Waals surface area (Å²) >= 11 is 6.22. The van der Waals surface area contributed by atoms with Crippen molar-refractivity contribution in [1.82, 2.24) is 10.2 Å². The number of nitrogens with zero attached hydrogens (tertiary/aromatic N) is 1. The molecule has 35 heavy (non-hydrogen) atoms. The third-order valence-corrected chi connectivity index (χ3v) is 6.10. The highest BCUT2D eigenvalue weighted by Crippen LogP contribution is 2.19. The van der Waals surface area contributed by atoms with E-state index in [1.807, 2.05) is 93.6 Å². The summed E-state index contributed by atoms with van der Waals surface area (Å²) in [5.74, 6) is 0.158. The molecule has 184 valence electrons. The predicted octanol–water partition coefficient (Wildman–Crippen LogP) is 5.58. The number of carbonyl (C=O) groups excluding carboxylic acids is 2. The van der Waals surface area contributed by atoms with Crippen LogP contribution in [0.15, 0.2) is 78.9 Å². The van der Waals surface area contributed by atoms with Crippen LogP contribution in [0.5, 0.6) is 5.75 Å². The highest BCUT2D eigenvalue weighted by Gasteiger charge is 2.31. The smallest absolute Gasteiger partial charge is 0.261 e. The second kappa shape index (κ2) is 13.0. The maximum atomic E-state index is 13.6. The predicted molar refractivity (Wildman–Crippen MR) is 141 cm³/mol. The van der Waals surface area contributed by atoms with E-state index in [9.17, 15) is 9.59 Å². The van der Waals surface area contributed by atoms with Crippen LogP contribution in [0.3, 0.4) is 0 Å². The van der Waals surface area contributed by atoms with E-state index >= 15 is 0 Å². The number of halogens is 1. The Bertz CT molecular complexity index is 1120. The van der Waals surface area contributed by atoms with Crippen LogP contribution in [0, 0.1) is 6.92 Å². The molecule has 3 aromatic carbocycles. The van der Waals surface area contributed by atoms with Gasteiger partial charge in [-0.1, -0.05) is 73.1 Å². The summed E-state index contributed by atoms with van der Waals surface area (Å²) in [5.41, 5.74) is 2.86. The average Bonchev–Trinajstić information content (AvgIpc) is 2.85. The lowest BCUT2D eigenvalue weighted by molar-refractivity contribution is -0.143. The maximum absolute atomic E-state index is 13.6. The van der Waals surface area contributed by atoms with Gasteiger partial charge >= 0.3 is 0 Å². The second-order valence-electron chi connectivity index (χ2n) is 8.78. The van der Waals surface area contributed by atoms with Crippen LogP contribution >= 0.6 is 11.6 Å². The van der Waals surface area contributed by atoms with Crippen LogP contribution in [-0.4, -0.2) is 35.4 Å². The van der Waals surface area contributed by atoms with Gasteiger partial charge in [0.1, 0.15) is 11.8 Å². The zero-order valence-corrected chi connectivity index (χ0v) is 21.3. The Balaban J connectivity index is 1.91. The first kappa shape index (κ1) is 26.3. The highest BCUT2D eigenvalue weighted by atomic mass is 35.5. The van der Waals surface area contributed by atoms with Gasteiger partial charge in [-0.15, -0.1) is 0 Å². The molecule has 2 atom stereocenters. The van der Waals surface area contributed by atoms with Crippen molar-refractivity contribution < 1.29 is 14.3 Å². The number of nitrogens with one attached hydrogen (secondary N) is 1. The van der Waals surface area contributed by atoms with Crippen LogP contribution in [-0.2, 0) is 22.6 Å². The molecule has 0 saturated heterocycles. The zero-order valence-electron chi connectivity index (χ0n) is 20.5. The highest BCUT2D eigenvalue weighted by molar-refractivity contribution is 6.30. The van der Waals surface area contributed by atoms with Crippen molar-refractivity contribution in [3.05, 3.63) is 101 Å². The molecule has 2 amide bonds. The fourth-order valence-electron chi connectivity index (χ4n) is 3.76. The van der Waals surface area contributed by atoms with Crippen molar-refractivity contribution in [2.24, 2.45) is 0 Å². The Morgan fingerprint density at radius 3 is 2.37 bits per heavy atom. The SMILES string of the molecule is CC[C@@H](C)NC(=O)[C@H](Cc1ccccc1)N(Cc1cccc(Cl)c1)C(=O)COc1cccc(C)c1. The maximum Gasteiger partial charge on any atom is 0.261 e. The zero-order chi connectivity index (χ0) is 25.2. The first-order valence-electron chi connectivity index (χ1n) is 11.9. The van der Waals surface area contributed by atoms with Crippen LogP contribution < -0.4 is 10.1 Å². The molecule has 0 spiro atoms. The molecule has 0 fully saturated rings. The molecule has 0 radical (unpaired) electrons. The van der Waals surface area contributed by atoms with E-state index in [2.05, 4.69) is 5.32 Å². The third kappa shape index (κ3) is 8.15. The lowest BCUT2D eigenvalue weighted by Gasteiger charge is -2.32. The Morgan fingerprint density at radius 2 is 1.69 bits per heavy atom. The van der Waals surface area contributed by atoms with Crippen LogP contribution in [0.1, 0.15) is 37.0 Å². The minimum Gasteiger partial charge on any atom is -0.484 e. The number of rotatable bonds is 11.